The zero-order valence-corrected chi connectivity index (χ0v) is 7.93. The van der Waals surface area contributed by atoms with Gasteiger partial charge in [0.2, 0.25) is 0 Å². The SMILES string of the molecule is Nc1cc(C(F)F)[nH]c(=O)c1I. The molecular formula is C6H5F2IN2O. The van der Waals surface area contributed by atoms with Gasteiger partial charge in [-0.25, -0.2) is 8.78 Å². The Morgan fingerprint density at radius 1 is 1.58 bits per heavy atom. The number of nitrogens with two attached hydrogens (primary N) is 1. The second-order valence-corrected chi connectivity index (χ2v) is 3.20. The lowest BCUT2D eigenvalue weighted by Gasteiger charge is -2.01. The maximum Gasteiger partial charge on any atom is 0.278 e. The minimum Gasteiger partial charge on any atom is -0.398 e. The van der Waals surface area contributed by atoms with E-state index in [2.05, 4.69) is 0 Å². The van der Waals surface area contributed by atoms with Gasteiger partial charge in [-0.2, -0.15) is 0 Å². The average Bonchev–Trinajstić information content (AvgIpc) is 1.99. The number of hydrogen-bond acceptors (Lipinski definition) is 2. The van der Waals surface area contributed by atoms with Crippen molar-refractivity contribution in [2.24, 2.45) is 0 Å². The molecule has 3 nitrogen and oxygen atoms in total. The van der Waals surface area contributed by atoms with E-state index in [1.54, 1.807) is 22.6 Å². The molecule has 0 amide bonds. The van der Waals surface area contributed by atoms with Crippen molar-refractivity contribution in [3.63, 3.8) is 0 Å². The number of hydrogen-bond donors (Lipinski definition) is 2. The van der Waals surface area contributed by atoms with Crippen molar-refractivity contribution in [2.75, 3.05) is 5.73 Å². The predicted molar refractivity (Wildman–Crippen MR) is 49.1 cm³/mol. The second kappa shape index (κ2) is 3.38. The molecule has 0 radical (unpaired) electrons. The van der Waals surface area contributed by atoms with E-state index in [0.717, 1.165) is 6.07 Å². The van der Waals surface area contributed by atoms with Crippen LogP contribution in [0.4, 0.5) is 14.5 Å². The average molecular weight is 286 g/mol. The van der Waals surface area contributed by atoms with E-state index in [1.165, 1.54) is 0 Å². The van der Waals surface area contributed by atoms with Gasteiger partial charge in [0.25, 0.3) is 12.0 Å². The van der Waals surface area contributed by atoms with Crippen LogP contribution in [-0.4, -0.2) is 4.98 Å². The monoisotopic (exact) mass is 286 g/mol. The number of aromatic amines is 1. The molecule has 1 aromatic rings. The van der Waals surface area contributed by atoms with Gasteiger partial charge in [0.05, 0.1) is 11.4 Å². The van der Waals surface area contributed by atoms with E-state index in [9.17, 15) is 13.6 Å². The summed E-state index contributed by atoms with van der Waals surface area (Å²) in [6, 6.07) is 1.06. The van der Waals surface area contributed by atoms with E-state index < -0.39 is 17.7 Å². The Balaban J connectivity index is 3.31. The van der Waals surface area contributed by atoms with Crippen molar-refractivity contribution < 1.29 is 8.78 Å². The lowest BCUT2D eigenvalue weighted by atomic mass is 10.3. The van der Waals surface area contributed by atoms with Gasteiger partial charge < -0.3 is 10.7 Å². The third-order valence-corrected chi connectivity index (χ3v) is 2.37. The topological polar surface area (TPSA) is 58.9 Å². The fraction of sp³-hybridized carbons (Fsp3) is 0.167. The van der Waals surface area contributed by atoms with Gasteiger partial charge in [0.1, 0.15) is 3.57 Å². The molecule has 0 aliphatic carbocycles. The Bertz CT molecular complexity index is 350. The van der Waals surface area contributed by atoms with Crippen LogP contribution in [-0.2, 0) is 0 Å². The summed E-state index contributed by atoms with van der Waals surface area (Å²) in [5.41, 5.74) is 4.35. The quantitative estimate of drug-likeness (QED) is 0.769. The van der Waals surface area contributed by atoms with Crippen LogP contribution in [0.1, 0.15) is 12.1 Å². The highest BCUT2D eigenvalue weighted by molar-refractivity contribution is 14.1. The summed E-state index contributed by atoms with van der Waals surface area (Å²) in [5, 5.41) is 0. The van der Waals surface area contributed by atoms with Crippen LogP contribution in [0.15, 0.2) is 10.9 Å². The molecule has 12 heavy (non-hydrogen) atoms. The maximum absolute atomic E-state index is 12.0. The Kier molecular flexibility index (Phi) is 2.65. The summed E-state index contributed by atoms with van der Waals surface area (Å²) >= 11 is 1.70. The number of alkyl halides is 2. The van der Waals surface area contributed by atoms with E-state index in [4.69, 9.17) is 5.73 Å². The Morgan fingerprint density at radius 3 is 2.58 bits per heavy atom. The summed E-state index contributed by atoms with van der Waals surface area (Å²) in [5.74, 6) is 0. The molecule has 1 aromatic heterocycles. The van der Waals surface area contributed by atoms with Crippen LogP contribution in [0.5, 0.6) is 0 Å². The largest absolute Gasteiger partial charge is 0.398 e. The van der Waals surface area contributed by atoms with Gasteiger partial charge in [-0.1, -0.05) is 0 Å². The van der Waals surface area contributed by atoms with Crippen molar-refractivity contribution in [1.29, 1.82) is 0 Å². The van der Waals surface area contributed by atoms with Crippen LogP contribution in [0, 0.1) is 3.57 Å². The number of halogens is 3. The molecule has 0 bridgehead atoms. The lowest BCUT2D eigenvalue weighted by Crippen LogP contribution is -2.14. The molecule has 3 N–H and O–H groups in total. The Morgan fingerprint density at radius 2 is 2.17 bits per heavy atom. The van der Waals surface area contributed by atoms with Crippen molar-refractivity contribution in [3.8, 4) is 0 Å². The fourth-order valence-corrected chi connectivity index (χ4v) is 0.992. The smallest absolute Gasteiger partial charge is 0.278 e. The Labute approximate surface area is 80.1 Å². The summed E-state index contributed by atoms with van der Waals surface area (Å²) in [6.45, 7) is 0. The molecule has 0 aromatic carbocycles. The van der Waals surface area contributed by atoms with Crippen molar-refractivity contribution in [1.82, 2.24) is 4.98 Å². The first kappa shape index (κ1) is 9.43. The number of H-pyrrole nitrogens is 1. The maximum atomic E-state index is 12.0. The van der Waals surface area contributed by atoms with Crippen LogP contribution in [0.3, 0.4) is 0 Å². The van der Waals surface area contributed by atoms with Gasteiger partial charge in [0.15, 0.2) is 0 Å². The number of aromatic nitrogens is 1. The third kappa shape index (κ3) is 1.74. The van der Waals surface area contributed by atoms with Gasteiger partial charge in [-0.05, 0) is 28.7 Å². The molecule has 0 saturated heterocycles. The van der Waals surface area contributed by atoms with E-state index in [-0.39, 0.29) is 9.26 Å². The molecule has 0 spiro atoms. The van der Waals surface area contributed by atoms with Crippen LogP contribution in [0.2, 0.25) is 0 Å². The van der Waals surface area contributed by atoms with Crippen LogP contribution in [0.25, 0.3) is 0 Å². The summed E-state index contributed by atoms with van der Waals surface area (Å²) in [4.78, 5) is 12.9. The van der Waals surface area contributed by atoms with Gasteiger partial charge >= 0.3 is 0 Å². The van der Waals surface area contributed by atoms with Gasteiger partial charge in [0, 0.05) is 0 Å². The van der Waals surface area contributed by atoms with Crippen molar-refractivity contribution >= 4 is 28.3 Å². The fourth-order valence-electron chi connectivity index (χ4n) is 0.702. The number of pyridine rings is 1. The predicted octanol–water partition coefficient (Wildman–Crippen LogP) is 1.50. The number of anilines is 1. The third-order valence-electron chi connectivity index (χ3n) is 1.26. The number of nitrogen functional groups attached to an aromatic ring is 1. The summed E-state index contributed by atoms with van der Waals surface area (Å²) in [6.07, 6.45) is -2.70. The molecule has 6 heteroatoms. The summed E-state index contributed by atoms with van der Waals surface area (Å²) in [7, 11) is 0. The van der Waals surface area contributed by atoms with E-state index in [0.29, 0.717) is 0 Å². The second-order valence-electron chi connectivity index (χ2n) is 2.12. The first-order chi connectivity index (χ1) is 5.52. The standard InChI is InChI=1S/C6H5F2IN2O/c7-5(8)3-1-2(10)4(9)6(12)11-3/h1,5H,(H3,10,11,12). The zero-order valence-electron chi connectivity index (χ0n) is 5.77. The normalized spacial score (nSPS) is 10.7. The first-order valence-electron chi connectivity index (χ1n) is 2.98. The summed E-state index contributed by atoms with van der Waals surface area (Å²) < 4.78 is 24.3. The molecule has 0 atom stereocenters. The minimum absolute atomic E-state index is 0.0784. The molecule has 0 fully saturated rings. The molecule has 1 heterocycles. The van der Waals surface area contributed by atoms with Crippen molar-refractivity contribution in [3.05, 3.63) is 25.7 Å². The highest BCUT2D eigenvalue weighted by atomic mass is 127. The van der Waals surface area contributed by atoms with Crippen molar-refractivity contribution in [2.45, 2.75) is 6.43 Å². The zero-order chi connectivity index (χ0) is 9.30. The number of rotatable bonds is 1. The highest BCUT2D eigenvalue weighted by Gasteiger charge is 2.11. The van der Waals surface area contributed by atoms with Crippen LogP contribution < -0.4 is 11.3 Å². The lowest BCUT2D eigenvalue weighted by molar-refractivity contribution is 0.146. The van der Waals surface area contributed by atoms with E-state index in [1.807, 2.05) is 4.98 Å². The van der Waals surface area contributed by atoms with Crippen LogP contribution >= 0.6 is 22.6 Å². The first-order valence-corrected chi connectivity index (χ1v) is 4.06. The number of nitrogens with one attached hydrogen (secondary N) is 1. The highest BCUT2D eigenvalue weighted by Crippen LogP contribution is 2.18. The molecule has 0 unspecified atom stereocenters. The molecular weight excluding hydrogens is 281 g/mol. The van der Waals surface area contributed by atoms with Gasteiger partial charge in [-0.15, -0.1) is 0 Å². The molecule has 0 saturated carbocycles. The van der Waals surface area contributed by atoms with Gasteiger partial charge in [-0.3, -0.25) is 4.79 Å². The minimum atomic E-state index is -2.70. The molecule has 0 aliphatic heterocycles. The van der Waals surface area contributed by atoms with E-state index >= 15 is 0 Å². The molecule has 66 valence electrons. The Hall–Kier alpha value is -0.660. The molecule has 1 rings (SSSR count). The molecule has 0 aliphatic rings.